The van der Waals surface area contributed by atoms with Gasteiger partial charge in [-0.05, 0) is 18.4 Å². The molecule has 0 unspecified atom stereocenters. The van der Waals surface area contributed by atoms with Crippen LogP contribution in [0.4, 0.5) is 0 Å². The SMILES string of the molecule is CCC.CSCC#Cc1ccccc1. The molecule has 0 radical (unpaired) electrons. The van der Waals surface area contributed by atoms with E-state index in [0.717, 1.165) is 11.3 Å². The summed E-state index contributed by atoms with van der Waals surface area (Å²) in [5.74, 6) is 7.05. The van der Waals surface area contributed by atoms with Crippen LogP contribution in [-0.2, 0) is 0 Å². The van der Waals surface area contributed by atoms with Gasteiger partial charge in [0.15, 0.2) is 0 Å². The average Bonchev–Trinajstić information content (AvgIpc) is 2.21. The van der Waals surface area contributed by atoms with Gasteiger partial charge in [-0.3, -0.25) is 0 Å². The van der Waals surface area contributed by atoms with E-state index in [1.54, 1.807) is 11.8 Å². The van der Waals surface area contributed by atoms with Crippen molar-refractivity contribution in [2.24, 2.45) is 0 Å². The molecule has 0 saturated carbocycles. The van der Waals surface area contributed by atoms with Crippen molar-refractivity contribution in [1.82, 2.24) is 0 Å². The Hall–Kier alpha value is -0.870. The van der Waals surface area contributed by atoms with Crippen molar-refractivity contribution >= 4 is 11.8 Å². The maximum Gasteiger partial charge on any atom is 0.0548 e. The minimum Gasteiger partial charge on any atom is -0.152 e. The highest BCUT2D eigenvalue weighted by molar-refractivity contribution is 7.98. The van der Waals surface area contributed by atoms with Crippen LogP contribution in [0.1, 0.15) is 25.8 Å². The van der Waals surface area contributed by atoms with Crippen LogP contribution in [0.5, 0.6) is 0 Å². The molecule has 0 N–H and O–H groups in total. The van der Waals surface area contributed by atoms with Crippen molar-refractivity contribution < 1.29 is 0 Å². The third-order valence-corrected chi connectivity index (χ3v) is 1.66. The van der Waals surface area contributed by atoms with E-state index in [-0.39, 0.29) is 0 Å². The first-order chi connectivity index (χ1) is 6.85. The molecule has 0 aliphatic heterocycles. The third-order valence-electron chi connectivity index (χ3n) is 1.22. The number of hydrogen-bond acceptors (Lipinski definition) is 1. The molecule has 0 amide bonds. The number of benzene rings is 1. The van der Waals surface area contributed by atoms with Crippen molar-refractivity contribution in [1.29, 1.82) is 0 Å². The molecule has 0 aromatic heterocycles. The van der Waals surface area contributed by atoms with Gasteiger partial charge in [-0.1, -0.05) is 50.3 Å². The second-order valence-corrected chi connectivity index (χ2v) is 3.67. The lowest BCUT2D eigenvalue weighted by Crippen LogP contribution is -1.72. The molecule has 0 bridgehead atoms. The van der Waals surface area contributed by atoms with Crippen molar-refractivity contribution in [2.45, 2.75) is 20.3 Å². The molecule has 0 atom stereocenters. The predicted molar refractivity (Wildman–Crippen MR) is 67.7 cm³/mol. The normalized spacial score (nSPS) is 7.93. The first kappa shape index (κ1) is 13.1. The van der Waals surface area contributed by atoms with Crippen molar-refractivity contribution in [3.63, 3.8) is 0 Å². The monoisotopic (exact) mass is 206 g/mol. The maximum absolute atomic E-state index is 3.07. The largest absolute Gasteiger partial charge is 0.152 e. The molecule has 76 valence electrons. The molecular weight excluding hydrogens is 188 g/mol. The molecule has 0 spiro atoms. The summed E-state index contributed by atoms with van der Waals surface area (Å²) >= 11 is 1.75. The van der Waals surface area contributed by atoms with Gasteiger partial charge in [-0.15, -0.1) is 0 Å². The van der Waals surface area contributed by atoms with Crippen LogP contribution in [0.3, 0.4) is 0 Å². The highest BCUT2D eigenvalue weighted by Crippen LogP contribution is 1.95. The van der Waals surface area contributed by atoms with Crippen LogP contribution < -0.4 is 0 Å². The Morgan fingerprint density at radius 1 is 1.14 bits per heavy atom. The molecule has 0 saturated heterocycles. The van der Waals surface area contributed by atoms with Gasteiger partial charge in [-0.2, -0.15) is 11.8 Å². The lowest BCUT2D eigenvalue weighted by atomic mass is 10.2. The summed E-state index contributed by atoms with van der Waals surface area (Å²) in [6.45, 7) is 4.25. The molecule has 1 aromatic carbocycles. The molecule has 0 aliphatic carbocycles. The summed E-state index contributed by atoms with van der Waals surface area (Å²) in [7, 11) is 0. The van der Waals surface area contributed by atoms with E-state index in [2.05, 4.69) is 31.9 Å². The van der Waals surface area contributed by atoms with E-state index in [1.165, 1.54) is 6.42 Å². The van der Waals surface area contributed by atoms with Gasteiger partial charge in [0.25, 0.3) is 0 Å². The van der Waals surface area contributed by atoms with Gasteiger partial charge in [0.1, 0.15) is 0 Å². The molecular formula is C13H18S. The fraction of sp³-hybridized carbons (Fsp3) is 0.385. The van der Waals surface area contributed by atoms with Gasteiger partial charge in [0, 0.05) is 5.56 Å². The molecule has 14 heavy (non-hydrogen) atoms. The van der Waals surface area contributed by atoms with Crippen LogP contribution in [0.25, 0.3) is 0 Å². The quantitative estimate of drug-likeness (QED) is 0.629. The molecule has 1 rings (SSSR count). The highest BCUT2D eigenvalue weighted by Gasteiger charge is 1.79. The van der Waals surface area contributed by atoms with Crippen LogP contribution in [0.2, 0.25) is 0 Å². The summed E-state index contributed by atoms with van der Waals surface area (Å²) in [6.07, 6.45) is 3.31. The maximum atomic E-state index is 3.07. The molecule has 1 aromatic rings. The first-order valence-corrected chi connectivity index (χ1v) is 6.27. The summed E-state index contributed by atoms with van der Waals surface area (Å²) < 4.78 is 0. The van der Waals surface area contributed by atoms with Crippen molar-refractivity contribution in [3.8, 4) is 11.8 Å². The summed E-state index contributed by atoms with van der Waals surface area (Å²) in [4.78, 5) is 0. The number of thioether (sulfide) groups is 1. The Balaban J connectivity index is 0.000000500. The lowest BCUT2D eigenvalue weighted by molar-refractivity contribution is 1.09. The number of hydrogen-bond donors (Lipinski definition) is 0. The molecule has 0 aliphatic rings. The Kier molecular flexibility index (Phi) is 9.58. The smallest absolute Gasteiger partial charge is 0.0548 e. The molecule has 0 heterocycles. The first-order valence-electron chi connectivity index (χ1n) is 4.88. The van der Waals surface area contributed by atoms with Crippen LogP contribution in [0, 0.1) is 11.8 Å². The Morgan fingerprint density at radius 2 is 1.71 bits per heavy atom. The zero-order chi connectivity index (χ0) is 10.6. The van der Waals surface area contributed by atoms with E-state index in [4.69, 9.17) is 0 Å². The van der Waals surface area contributed by atoms with E-state index in [0.29, 0.717) is 0 Å². The van der Waals surface area contributed by atoms with Gasteiger partial charge < -0.3 is 0 Å². The second-order valence-electron chi connectivity index (χ2n) is 2.81. The van der Waals surface area contributed by atoms with Crippen LogP contribution in [-0.4, -0.2) is 12.0 Å². The molecule has 0 nitrogen and oxygen atoms in total. The Labute approximate surface area is 92.1 Å². The van der Waals surface area contributed by atoms with Crippen LogP contribution in [0.15, 0.2) is 30.3 Å². The predicted octanol–water partition coefficient (Wildman–Crippen LogP) is 3.82. The lowest BCUT2D eigenvalue weighted by Gasteiger charge is -1.85. The zero-order valence-electron chi connectivity index (χ0n) is 9.21. The minimum absolute atomic E-state index is 0.912. The second kappa shape index (κ2) is 10.2. The summed E-state index contributed by atoms with van der Waals surface area (Å²) in [5, 5.41) is 0. The average molecular weight is 206 g/mol. The molecule has 1 heteroatoms. The summed E-state index contributed by atoms with van der Waals surface area (Å²) in [5.41, 5.74) is 1.10. The number of rotatable bonds is 1. The van der Waals surface area contributed by atoms with Gasteiger partial charge in [0.05, 0.1) is 5.75 Å². The fourth-order valence-electron chi connectivity index (χ4n) is 0.732. The van der Waals surface area contributed by atoms with E-state index >= 15 is 0 Å². The summed E-state index contributed by atoms with van der Waals surface area (Å²) in [6, 6.07) is 10.0. The zero-order valence-corrected chi connectivity index (χ0v) is 10.0. The van der Waals surface area contributed by atoms with Crippen molar-refractivity contribution in [3.05, 3.63) is 35.9 Å². The topological polar surface area (TPSA) is 0 Å². The van der Waals surface area contributed by atoms with Gasteiger partial charge in [0.2, 0.25) is 0 Å². The van der Waals surface area contributed by atoms with Crippen molar-refractivity contribution in [2.75, 3.05) is 12.0 Å². The van der Waals surface area contributed by atoms with E-state index < -0.39 is 0 Å². The highest BCUT2D eigenvalue weighted by atomic mass is 32.2. The van der Waals surface area contributed by atoms with E-state index in [9.17, 15) is 0 Å². The van der Waals surface area contributed by atoms with Crippen LogP contribution >= 0.6 is 11.8 Å². The Morgan fingerprint density at radius 3 is 2.21 bits per heavy atom. The molecule has 0 fully saturated rings. The minimum atomic E-state index is 0.912. The Bertz CT molecular complexity index is 266. The van der Waals surface area contributed by atoms with Gasteiger partial charge >= 0.3 is 0 Å². The third kappa shape index (κ3) is 7.76. The van der Waals surface area contributed by atoms with Gasteiger partial charge in [-0.25, -0.2) is 0 Å². The fourth-order valence-corrected chi connectivity index (χ4v) is 0.948. The standard InChI is InChI=1S/C10H10S.C3H8/c1-11-9-5-8-10-6-3-2-4-7-10;1-3-2/h2-4,6-7H,9H2,1H3;3H2,1-2H3. The van der Waals surface area contributed by atoms with E-state index in [1.807, 2.05) is 30.3 Å².